The molecule has 3 N–H and O–H groups in total. The van der Waals surface area contributed by atoms with Crippen molar-refractivity contribution in [2.24, 2.45) is 0 Å². The molecule has 3 aromatic carbocycles. The number of likely N-dealkylation sites (tertiary alicyclic amines) is 1. The number of imidazole rings is 1. The molecule has 1 aliphatic heterocycles. The molecule has 1 aliphatic rings. The molecule has 2 amide bonds. The van der Waals surface area contributed by atoms with Gasteiger partial charge in [-0.15, -0.1) is 0 Å². The molecular formula is C30H31ClN4O4. The fraction of sp³-hybridized carbons (Fsp3) is 0.300. The van der Waals surface area contributed by atoms with Gasteiger partial charge in [-0.3, -0.25) is 9.59 Å². The van der Waals surface area contributed by atoms with Gasteiger partial charge in [0.1, 0.15) is 5.82 Å². The van der Waals surface area contributed by atoms with Crippen molar-refractivity contribution < 1.29 is 19.8 Å². The first-order chi connectivity index (χ1) is 18.8. The molecule has 1 fully saturated rings. The summed E-state index contributed by atoms with van der Waals surface area (Å²) in [4.78, 5) is 31.7. The number of nitrogens with one attached hydrogen (secondary N) is 1. The van der Waals surface area contributed by atoms with Gasteiger partial charge < -0.3 is 25.0 Å². The van der Waals surface area contributed by atoms with E-state index in [1.807, 2.05) is 67.6 Å². The summed E-state index contributed by atoms with van der Waals surface area (Å²) >= 11 is 6.11. The Labute approximate surface area is 231 Å². The second kappa shape index (κ2) is 11.6. The van der Waals surface area contributed by atoms with E-state index in [-0.39, 0.29) is 12.6 Å². The molecule has 0 aliphatic carbocycles. The third-order valence-corrected chi connectivity index (χ3v) is 7.50. The van der Waals surface area contributed by atoms with Crippen molar-refractivity contribution in [2.75, 3.05) is 6.54 Å². The van der Waals surface area contributed by atoms with Gasteiger partial charge in [0, 0.05) is 24.7 Å². The number of aliphatic hydroxyl groups is 2. The number of aromatic nitrogens is 2. The standard InChI is InChI=1S/C30H31ClN4O4/c1-19-33-24-8-2-3-9-26(24)35(19)18-21-13-11-20(12-14-21)17-32-29(38)27(36)28(37)30(39)34-15-5-10-25(34)22-6-4-7-23(31)16-22/h2-4,6-9,11-14,16,25,27-28,36-37H,5,10,15,17-18H2,1H3,(H,32,38)/t25?,27-,28-/m1/s1. The van der Waals surface area contributed by atoms with Gasteiger partial charge in [-0.1, -0.05) is 60.1 Å². The molecule has 0 spiro atoms. The second-order valence-electron chi connectivity index (χ2n) is 9.90. The van der Waals surface area contributed by atoms with E-state index in [1.165, 1.54) is 4.90 Å². The second-order valence-corrected chi connectivity index (χ2v) is 10.3. The summed E-state index contributed by atoms with van der Waals surface area (Å²) in [7, 11) is 0. The molecule has 202 valence electrons. The van der Waals surface area contributed by atoms with Crippen molar-refractivity contribution in [1.29, 1.82) is 0 Å². The summed E-state index contributed by atoms with van der Waals surface area (Å²) in [5, 5.41) is 24.2. The Balaban J connectivity index is 1.17. The average Bonchev–Trinajstić information content (AvgIpc) is 3.56. The van der Waals surface area contributed by atoms with Crippen LogP contribution < -0.4 is 5.32 Å². The Morgan fingerprint density at radius 3 is 2.54 bits per heavy atom. The number of fused-ring (bicyclic) bond motifs is 1. The number of para-hydroxylation sites is 2. The number of hydrogen-bond donors (Lipinski definition) is 3. The average molecular weight is 547 g/mol. The van der Waals surface area contributed by atoms with Gasteiger partial charge in [-0.25, -0.2) is 4.98 Å². The lowest BCUT2D eigenvalue weighted by Gasteiger charge is -2.28. The lowest BCUT2D eigenvalue weighted by Crippen LogP contribution is -2.50. The largest absolute Gasteiger partial charge is 0.380 e. The number of carbonyl (C=O) groups excluding carboxylic acids is 2. The fourth-order valence-electron chi connectivity index (χ4n) is 5.17. The number of rotatable bonds is 8. The molecule has 1 unspecified atom stereocenters. The summed E-state index contributed by atoms with van der Waals surface area (Å²) in [5.74, 6) is -0.548. The predicted octanol–water partition coefficient (Wildman–Crippen LogP) is 3.75. The highest BCUT2D eigenvalue weighted by atomic mass is 35.5. The SMILES string of the molecule is Cc1nc2ccccc2n1Cc1ccc(CNC(=O)[C@H](O)[C@@H](O)C(=O)N2CCCC2c2cccc(Cl)c2)cc1. The number of aliphatic hydroxyl groups excluding tert-OH is 2. The Morgan fingerprint density at radius 1 is 1.03 bits per heavy atom. The van der Waals surface area contributed by atoms with Crippen LogP contribution in [0.15, 0.2) is 72.8 Å². The number of carbonyl (C=O) groups is 2. The summed E-state index contributed by atoms with van der Waals surface area (Å²) in [6.45, 7) is 3.23. The van der Waals surface area contributed by atoms with Gasteiger partial charge in [-0.05, 0) is 60.7 Å². The van der Waals surface area contributed by atoms with E-state index in [9.17, 15) is 19.8 Å². The highest BCUT2D eigenvalue weighted by molar-refractivity contribution is 6.30. The topological polar surface area (TPSA) is 108 Å². The van der Waals surface area contributed by atoms with Gasteiger partial charge in [-0.2, -0.15) is 0 Å². The fourth-order valence-corrected chi connectivity index (χ4v) is 5.37. The zero-order valence-electron chi connectivity index (χ0n) is 21.6. The number of benzene rings is 3. The zero-order chi connectivity index (χ0) is 27.5. The first-order valence-corrected chi connectivity index (χ1v) is 13.4. The van der Waals surface area contributed by atoms with Crippen LogP contribution in [0.4, 0.5) is 0 Å². The van der Waals surface area contributed by atoms with Crippen molar-refractivity contribution in [3.63, 3.8) is 0 Å². The van der Waals surface area contributed by atoms with E-state index in [4.69, 9.17) is 11.6 Å². The quantitative estimate of drug-likeness (QED) is 0.312. The van der Waals surface area contributed by atoms with Crippen molar-refractivity contribution in [3.05, 3.63) is 100 Å². The van der Waals surface area contributed by atoms with Crippen LogP contribution in [0.5, 0.6) is 0 Å². The molecule has 0 radical (unpaired) electrons. The van der Waals surface area contributed by atoms with Crippen LogP contribution in [-0.2, 0) is 22.7 Å². The molecule has 3 atom stereocenters. The lowest BCUT2D eigenvalue weighted by molar-refractivity contribution is -0.153. The number of aryl methyl sites for hydroxylation is 1. The van der Waals surface area contributed by atoms with Gasteiger partial charge in [0.25, 0.3) is 11.8 Å². The smallest absolute Gasteiger partial charge is 0.255 e. The van der Waals surface area contributed by atoms with Crippen LogP contribution in [0.25, 0.3) is 11.0 Å². The molecule has 8 nitrogen and oxygen atoms in total. The molecule has 5 rings (SSSR count). The molecule has 0 bridgehead atoms. The normalized spacial score (nSPS) is 16.8. The maximum absolute atomic E-state index is 13.0. The summed E-state index contributed by atoms with van der Waals surface area (Å²) in [6.07, 6.45) is -2.27. The summed E-state index contributed by atoms with van der Waals surface area (Å²) in [6, 6.07) is 22.7. The van der Waals surface area contributed by atoms with E-state index in [2.05, 4.69) is 14.9 Å². The molecule has 0 saturated carbocycles. The highest BCUT2D eigenvalue weighted by Gasteiger charge is 2.38. The predicted molar refractivity (Wildman–Crippen MR) is 149 cm³/mol. The Kier molecular flexibility index (Phi) is 7.97. The van der Waals surface area contributed by atoms with Crippen LogP contribution in [0.1, 0.15) is 41.4 Å². The van der Waals surface area contributed by atoms with Crippen LogP contribution in [0, 0.1) is 6.92 Å². The lowest BCUT2D eigenvalue weighted by atomic mass is 10.0. The monoisotopic (exact) mass is 546 g/mol. The van der Waals surface area contributed by atoms with Crippen molar-refractivity contribution in [1.82, 2.24) is 19.8 Å². The Morgan fingerprint density at radius 2 is 1.77 bits per heavy atom. The van der Waals surface area contributed by atoms with E-state index in [0.29, 0.717) is 24.5 Å². The molecule has 39 heavy (non-hydrogen) atoms. The molecule has 1 aromatic heterocycles. The van der Waals surface area contributed by atoms with Gasteiger partial charge >= 0.3 is 0 Å². The molecule has 1 saturated heterocycles. The Bertz CT molecular complexity index is 1490. The van der Waals surface area contributed by atoms with Crippen LogP contribution in [0.3, 0.4) is 0 Å². The summed E-state index contributed by atoms with van der Waals surface area (Å²) < 4.78 is 2.15. The molecule has 2 heterocycles. The third-order valence-electron chi connectivity index (χ3n) is 7.27. The summed E-state index contributed by atoms with van der Waals surface area (Å²) in [5.41, 5.74) is 4.80. The number of amides is 2. The minimum atomic E-state index is -1.88. The third kappa shape index (κ3) is 5.83. The van der Waals surface area contributed by atoms with Crippen molar-refractivity contribution >= 4 is 34.4 Å². The highest BCUT2D eigenvalue weighted by Crippen LogP contribution is 2.33. The number of hydrogen-bond acceptors (Lipinski definition) is 5. The van der Waals surface area contributed by atoms with Crippen molar-refractivity contribution in [2.45, 2.75) is 51.1 Å². The minimum Gasteiger partial charge on any atom is -0.380 e. The minimum absolute atomic E-state index is 0.152. The van der Waals surface area contributed by atoms with Gasteiger partial charge in [0.05, 0.1) is 17.1 Å². The van der Waals surface area contributed by atoms with Crippen LogP contribution in [0.2, 0.25) is 5.02 Å². The maximum atomic E-state index is 13.0. The van der Waals surface area contributed by atoms with Crippen molar-refractivity contribution in [3.8, 4) is 0 Å². The van der Waals surface area contributed by atoms with Crippen LogP contribution >= 0.6 is 11.6 Å². The molecule has 4 aromatic rings. The zero-order valence-corrected chi connectivity index (χ0v) is 22.4. The Hall–Kier alpha value is -3.72. The maximum Gasteiger partial charge on any atom is 0.255 e. The van der Waals surface area contributed by atoms with E-state index in [0.717, 1.165) is 40.0 Å². The first-order valence-electron chi connectivity index (χ1n) is 13.0. The van der Waals surface area contributed by atoms with E-state index < -0.39 is 24.0 Å². The van der Waals surface area contributed by atoms with Crippen LogP contribution in [-0.4, -0.2) is 55.2 Å². The number of nitrogens with zero attached hydrogens (tertiary/aromatic N) is 3. The molecular weight excluding hydrogens is 516 g/mol. The number of halogens is 1. The van der Waals surface area contributed by atoms with Gasteiger partial charge in [0.15, 0.2) is 12.2 Å². The van der Waals surface area contributed by atoms with E-state index in [1.54, 1.807) is 12.1 Å². The van der Waals surface area contributed by atoms with Gasteiger partial charge in [0.2, 0.25) is 0 Å². The van der Waals surface area contributed by atoms with E-state index >= 15 is 0 Å². The molecule has 9 heteroatoms. The first kappa shape index (κ1) is 26.9.